The van der Waals surface area contributed by atoms with E-state index in [9.17, 15) is 9.18 Å². The largest absolute Gasteiger partial charge is 0.369 e. The molecule has 0 aromatic heterocycles. The van der Waals surface area contributed by atoms with Gasteiger partial charge in [0.1, 0.15) is 5.82 Å². The molecular formula is C25H33FN4O. The molecule has 1 atom stereocenters. The second-order valence-corrected chi connectivity index (χ2v) is 8.95. The number of carbonyl (C=O) groups excluding carboxylic acids is 1. The summed E-state index contributed by atoms with van der Waals surface area (Å²) in [7, 11) is 4.20. The maximum atomic E-state index is 14.9. The van der Waals surface area contributed by atoms with Crippen LogP contribution in [0.5, 0.6) is 0 Å². The molecule has 0 aliphatic carbocycles. The molecule has 1 amide bonds. The van der Waals surface area contributed by atoms with Crippen molar-refractivity contribution in [1.82, 2.24) is 9.80 Å². The lowest BCUT2D eigenvalue weighted by molar-refractivity contribution is -0.120. The van der Waals surface area contributed by atoms with Crippen LogP contribution in [-0.4, -0.2) is 61.5 Å². The zero-order valence-electron chi connectivity index (χ0n) is 18.6. The van der Waals surface area contributed by atoms with Crippen molar-refractivity contribution in [1.29, 1.82) is 0 Å². The van der Waals surface area contributed by atoms with Crippen LogP contribution in [0.3, 0.4) is 0 Å². The number of nitrogens with one attached hydrogen (secondary N) is 1. The summed E-state index contributed by atoms with van der Waals surface area (Å²) in [4.78, 5) is 19.5. The summed E-state index contributed by atoms with van der Waals surface area (Å²) in [5.41, 5.74) is 2.36. The van der Waals surface area contributed by atoms with Gasteiger partial charge in [0.25, 0.3) is 0 Å². The first-order valence-corrected chi connectivity index (χ1v) is 11.3. The van der Waals surface area contributed by atoms with E-state index in [1.807, 2.05) is 24.3 Å². The van der Waals surface area contributed by atoms with E-state index in [-0.39, 0.29) is 17.8 Å². The van der Waals surface area contributed by atoms with Crippen molar-refractivity contribution in [2.45, 2.75) is 44.3 Å². The zero-order valence-corrected chi connectivity index (χ0v) is 18.6. The maximum Gasteiger partial charge on any atom is 0.241 e. The molecule has 0 radical (unpaired) electrons. The standard InChI is InChI=1S/C25H33FN4O/c1-28(2)21-12-15-29(16-13-21)23-11-10-20(17-22(23)26)27-25(31)24-9-6-14-30(24)18-19-7-4-3-5-8-19/h3-5,7-8,10-11,17,21,24H,6,9,12-16,18H2,1-2H3,(H,27,31). The fourth-order valence-corrected chi connectivity index (χ4v) is 4.82. The Bertz CT molecular complexity index is 880. The second kappa shape index (κ2) is 9.79. The van der Waals surface area contributed by atoms with Crippen molar-refractivity contribution >= 4 is 17.3 Å². The number of carbonyl (C=O) groups is 1. The number of nitrogens with zero attached hydrogens (tertiary/aromatic N) is 3. The number of likely N-dealkylation sites (tertiary alicyclic amines) is 1. The molecular weight excluding hydrogens is 391 g/mol. The second-order valence-electron chi connectivity index (χ2n) is 8.95. The lowest BCUT2D eigenvalue weighted by Gasteiger charge is -2.36. The molecule has 2 heterocycles. The van der Waals surface area contributed by atoms with Crippen molar-refractivity contribution < 1.29 is 9.18 Å². The number of anilines is 2. The highest BCUT2D eigenvalue weighted by Gasteiger charge is 2.31. The van der Waals surface area contributed by atoms with Gasteiger partial charge < -0.3 is 15.1 Å². The van der Waals surface area contributed by atoms with Crippen molar-refractivity contribution in [3.63, 3.8) is 0 Å². The summed E-state index contributed by atoms with van der Waals surface area (Å²) in [6, 6.07) is 15.7. The lowest BCUT2D eigenvalue weighted by Crippen LogP contribution is -2.42. The molecule has 4 rings (SSSR count). The van der Waals surface area contributed by atoms with Crippen LogP contribution in [0.4, 0.5) is 15.8 Å². The maximum absolute atomic E-state index is 14.9. The smallest absolute Gasteiger partial charge is 0.241 e. The van der Waals surface area contributed by atoms with E-state index < -0.39 is 0 Å². The minimum atomic E-state index is -0.270. The van der Waals surface area contributed by atoms with Gasteiger partial charge in [-0.2, -0.15) is 0 Å². The van der Waals surface area contributed by atoms with Crippen molar-refractivity contribution in [2.75, 3.05) is 43.9 Å². The Kier molecular flexibility index (Phi) is 6.88. The molecule has 6 heteroatoms. The molecule has 2 aromatic rings. The Hall–Kier alpha value is -2.44. The molecule has 2 fully saturated rings. The summed E-state index contributed by atoms with van der Waals surface area (Å²) in [6.45, 7) is 3.36. The molecule has 2 aromatic carbocycles. The van der Waals surface area contributed by atoms with Gasteiger partial charge in [0.15, 0.2) is 0 Å². The van der Waals surface area contributed by atoms with Gasteiger partial charge in [-0.1, -0.05) is 30.3 Å². The van der Waals surface area contributed by atoms with Gasteiger partial charge in [-0.15, -0.1) is 0 Å². The van der Waals surface area contributed by atoms with E-state index >= 15 is 0 Å². The molecule has 0 saturated carbocycles. The van der Waals surface area contributed by atoms with E-state index in [0.717, 1.165) is 51.9 Å². The fraction of sp³-hybridized carbons (Fsp3) is 0.480. The number of hydrogen-bond donors (Lipinski definition) is 1. The normalized spacial score (nSPS) is 20.4. The molecule has 166 valence electrons. The molecule has 2 saturated heterocycles. The Morgan fingerprint density at radius 3 is 2.48 bits per heavy atom. The van der Waals surface area contributed by atoms with E-state index in [0.29, 0.717) is 17.4 Å². The first-order chi connectivity index (χ1) is 15.0. The molecule has 1 N–H and O–H groups in total. The van der Waals surface area contributed by atoms with Crippen LogP contribution in [-0.2, 0) is 11.3 Å². The van der Waals surface area contributed by atoms with E-state index in [1.165, 1.54) is 11.6 Å². The van der Waals surface area contributed by atoms with E-state index in [1.54, 1.807) is 6.07 Å². The zero-order chi connectivity index (χ0) is 21.8. The molecule has 1 unspecified atom stereocenters. The fourth-order valence-electron chi connectivity index (χ4n) is 4.82. The summed E-state index contributed by atoms with van der Waals surface area (Å²) >= 11 is 0. The van der Waals surface area contributed by atoms with Gasteiger partial charge in [0.05, 0.1) is 11.7 Å². The Balaban J connectivity index is 1.37. The van der Waals surface area contributed by atoms with Gasteiger partial charge >= 0.3 is 0 Å². The van der Waals surface area contributed by atoms with Crippen molar-refractivity contribution in [3.8, 4) is 0 Å². The highest BCUT2D eigenvalue weighted by atomic mass is 19.1. The Morgan fingerprint density at radius 1 is 1.06 bits per heavy atom. The quantitative estimate of drug-likeness (QED) is 0.762. The van der Waals surface area contributed by atoms with Crippen LogP contribution in [0.15, 0.2) is 48.5 Å². The highest BCUT2D eigenvalue weighted by molar-refractivity contribution is 5.95. The number of benzene rings is 2. The Morgan fingerprint density at radius 2 is 1.81 bits per heavy atom. The van der Waals surface area contributed by atoms with Gasteiger partial charge in [-0.3, -0.25) is 9.69 Å². The summed E-state index contributed by atoms with van der Waals surface area (Å²) in [5.74, 6) is -0.318. The van der Waals surface area contributed by atoms with Gasteiger partial charge in [0, 0.05) is 31.4 Å². The number of rotatable bonds is 6. The minimum absolute atomic E-state index is 0.0487. The number of amides is 1. The van der Waals surface area contributed by atoms with Crippen LogP contribution >= 0.6 is 0 Å². The van der Waals surface area contributed by atoms with Crippen LogP contribution in [0.2, 0.25) is 0 Å². The number of hydrogen-bond acceptors (Lipinski definition) is 4. The van der Waals surface area contributed by atoms with Crippen molar-refractivity contribution in [2.24, 2.45) is 0 Å². The van der Waals surface area contributed by atoms with Crippen LogP contribution < -0.4 is 10.2 Å². The number of halogens is 1. The Labute approximate surface area is 184 Å². The molecule has 31 heavy (non-hydrogen) atoms. The first kappa shape index (κ1) is 21.8. The van der Waals surface area contributed by atoms with Crippen LogP contribution in [0, 0.1) is 5.82 Å². The van der Waals surface area contributed by atoms with Crippen LogP contribution in [0.25, 0.3) is 0 Å². The predicted octanol–water partition coefficient (Wildman–Crippen LogP) is 3.96. The minimum Gasteiger partial charge on any atom is -0.369 e. The van der Waals surface area contributed by atoms with Gasteiger partial charge in [-0.05, 0) is 70.1 Å². The summed E-state index contributed by atoms with van der Waals surface area (Å²) in [5, 5.41) is 2.95. The highest BCUT2D eigenvalue weighted by Crippen LogP contribution is 2.28. The molecule has 2 aliphatic rings. The monoisotopic (exact) mass is 424 g/mol. The van der Waals surface area contributed by atoms with Crippen LogP contribution in [0.1, 0.15) is 31.2 Å². The third kappa shape index (κ3) is 5.25. The summed E-state index contributed by atoms with van der Waals surface area (Å²) < 4.78 is 14.9. The molecule has 0 bridgehead atoms. The lowest BCUT2D eigenvalue weighted by atomic mass is 10.0. The number of piperidine rings is 1. The first-order valence-electron chi connectivity index (χ1n) is 11.3. The average Bonchev–Trinajstić information content (AvgIpc) is 3.23. The third-order valence-corrected chi connectivity index (χ3v) is 6.65. The van der Waals surface area contributed by atoms with Gasteiger partial charge in [0.2, 0.25) is 5.91 Å². The van der Waals surface area contributed by atoms with Crippen molar-refractivity contribution in [3.05, 3.63) is 59.9 Å². The summed E-state index contributed by atoms with van der Waals surface area (Å²) in [6.07, 6.45) is 3.90. The average molecular weight is 425 g/mol. The molecule has 2 aliphatic heterocycles. The van der Waals surface area contributed by atoms with Gasteiger partial charge in [-0.25, -0.2) is 4.39 Å². The SMILES string of the molecule is CN(C)C1CCN(c2ccc(NC(=O)C3CCCN3Cc3ccccc3)cc2F)CC1. The molecule has 0 spiro atoms. The van der Waals surface area contributed by atoms with E-state index in [2.05, 4.69) is 46.2 Å². The molecule has 5 nitrogen and oxygen atoms in total. The van der Waals surface area contributed by atoms with E-state index in [4.69, 9.17) is 0 Å². The third-order valence-electron chi connectivity index (χ3n) is 6.65. The topological polar surface area (TPSA) is 38.8 Å². The predicted molar refractivity (Wildman–Crippen MR) is 124 cm³/mol.